The fourth-order valence-electron chi connectivity index (χ4n) is 4.02. The molecule has 3 heterocycles. The number of hydrogen-bond acceptors (Lipinski definition) is 4. The molecule has 0 N–H and O–H groups in total. The maximum absolute atomic E-state index is 13.6. The normalized spacial score (nSPS) is 22.4. The average Bonchev–Trinajstić information content (AvgIpc) is 3.02. The first-order valence-corrected chi connectivity index (χ1v) is 10.3. The molecule has 1 aliphatic heterocycles. The molecule has 2 aromatic rings. The van der Waals surface area contributed by atoms with Crippen molar-refractivity contribution in [2.45, 2.75) is 72.2 Å². The number of ether oxygens (including phenoxy) is 1. The van der Waals surface area contributed by atoms with Crippen molar-refractivity contribution in [1.29, 1.82) is 0 Å². The first-order chi connectivity index (χ1) is 13.3. The second-order valence-corrected chi connectivity index (χ2v) is 8.18. The highest BCUT2D eigenvalue weighted by molar-refractivity contribution is 5.97. The van der Waals surface area contributed by atoms with Gasteiger partial charge in [-0.15, -0.1) is 0 Å². The fourth-order valence-corrected chi connectivity index (χ4v) is 4.02. The van der Waals surface area contributed by atoms with Crippen molar-refractivity contribution in [2.24, 2.45) is 5.92 Å². The van der Waals surface area contributed by atoms with Crippen LogP contribution in [0.2, 0.25) is 0 Å². The molecule has 1 fully saturated rings. The lowest BCUT2D eigenvalue weighted by Crippen LogP contribution is -2.51. The summed E-state index contributed by atoms with van der Waals surface area (Å²) >= 11 is 0. The largest absolute Gasteiger partial charge is 0.354 e. The Morgan fingerprint density at radius 3 is 2.79 bits per heavy atom. The zero-order valence-electron chi connectivity index (χ0n) is 17.6. The van der Waals surface area contributed by atoms with Crippen LogP contribution < -0.4 is 5.56 Å². The summed E-state index contributed by atoms with van der Waals surface area (Å²) in [5.41, 5.74) is -0.164. The molecule has 0 aromatic carbocycles. The van der Waals surface area contributed by atoms with Gasteiger partial charge >= 0.3 is 0 Å². The average molecular weight is 386 g/mol. The van der Waals surface area contributed by atoms with Gasteiger partial charge in [0.2, 0.25) is 0 Å². The fraction of sp³-hybridized carbons (Fsp3) is 0.591. The minimum atomic E-state index is -0.685. The van der Waals surface area contributed by atoms with Gasteiger partial charge in [-0.1, -0.05) is 20.8 Å². The third-order valence-electron chi connectivity index (χ3n) is 5.73. The molecule has 6 nitrogen and oxygen atoms in total. The molecule has 2 aromatic heterocycles. The van der Waals surface area contributed by atoms with Crippen LogP contribution in [0.1, 0.15) is 64.2 Å². The highest BCUT2D eigenvalue weighted by atomic mass is 16.5. The molecule has 6 heteroatoms. The summed E-state index contributed by atoms with van der Waals surface area (Å²) in [7, 11) is 0. The van der Waals surface area contributed by atoms with Crippen molar-refractivity contribution in [2.75, 3.05) is 6.61 Å². The highest BCUT2D eigenvalue weighted by Crippen LogP contribution is 2.35. The van der Waals surface area contributed by atoms with Gasteiger partial charge in [0, 0.05) is 18.1 Å². The molecular formula is C22H31N3O3. The Bertz CT molecular complexity index is 921. The van der Waals surface area contributed by atoms with Crippen molar-refractivity contribution in [3.63, 3.8) is 0 Å². The van der Waals surface area contributed by atoms with Gasteiger partial charge in [0.05, 0.1) is 12.6 Å². The molecule has 2 atom stereocenters. The van der Waals surface area contributed by atoms with Crippen LogP contribution in [0.3, 0.4) is 0 Å². The van der Waals surface area contributed by atoms with E-state index in [0.29, 0.717) is 24.7 Å². The summed E-state index contributed by atoms with van der Waals surface area (Å²) in [5.74, 6) is 0.274. The van der Waals surface area contributed by atoms with Crippen LogP contribution in [0, 0.1) is 5.92 Å². The molecule has 0 unspecified atom stereocenters. The van der Waals surface area contributed by atoms with Crippen molar-refractivity contribution < 1.29 is 9.53 Å². The molecule has 0 spiro atoms. The lowest BCUT2D eigenvalue weighted by atomic mass is 9.99. The van der Waals surface area contributed by atoms with E-state index in [1.54, 1.807) is 16.8 Å². The van der Waals surface area contributed by atoms with Gasteiger partial charge in [-0.05, 0) is 57.2 Å². The summed E-state index contributed by atoms with van der Waals surface area (Å²) in [6.07, 6.45) is 4.17. The van der Waals surface area contributed by atoms with Crippen molar-refractivity contribution in [3.05, 3.63) is 40.3 Å². The van der Waals surface area contributed by atoms with Crippen molar-refractivity contribution in [3.8, 4) is 0 Å². The third-order valence-corrected chi connectivity index (χ3v) is 5.73. The van der Waals surface area contributed by atoms with Crippen LogP contribution in [0.25, 0.3) is 11.0 Å². The highest BCUT2D eigenvalue weighted by Gasteiger charge is 2.46. The molecule has 1 saturated heterocycles. The van der Waals surface area contributed by atoms with E-state index in [0.717, 1.165) is 24.6 Å². The number of carbonyl (C=O) groups excluding carboxylic acids is 1. The second-order valence-electron chi connectivity index (χ2n) is 8.18. The Morgan fingerprint density at radius 1 is 1.39 bits per heavy atom. The number of rotatable bonds is 6. The quantitative estimate of drug-likeness (QED) is 0.758. The molecular weight excluding hydrogens is 354 g/mol. The number of aromatic nitrogens is 2. The maximum Gasteiger partial charge on any atom is 0.265 e. The van der Waals surface area contributed by atoms with Crippen LogP contribution in [0.4, 0.5) is 0 Å². The number of amides is 1. The Labute approximate surface area is 166 Å². The zero-order valence-corrected chi connectivity index (χ0v) is 17.6. The minimum absolute atomic E-state index is 0.0243. The smallest absolute Gasteiger partial charge is 0.265 e. The van der Waals surface area contributed by atoms with E-state index in [-0.39, 0.29) is 23.1 Å². The number of carbonyl (C=O) groups is 1. The predicted octanol–water partition coefficient (Wildman–Crippen LogP) is 3.82. The van der Waals surface area contributed by atoms with Gasteiger partial charge in [0.15, 0.2) is 0 Å². The molecule has 1 aliphatic rings. The second kappa shape index (κ2) is 8.03. The molecule has 28 heavy (non-hydrogen) atoms. The van der Waals surface area contributed by atoms with E-state index in [1.165, 1.54) is 0 Å². The van der Waals surface area contributed by atoms with Crippen LogP contribution in [0.15, 0.2) is 29.2 Å². The number of hydrogen-bond donors (Lipinski definition) is 0. The molecule has 0 radical (unpaired) electrons. The van der Waals surface area contributed by atoms with Gasteiger partial charge in [0.1, 0.15) is 16.9 Å². The summed E-state index contributed by atoms with van der Waals surface area (Å²) in [5, 5.41) is 0.796. The van der Waals surface area contributed by atoms with Gasteiger partial charge < -0.3 is 9.64 Å². The molecule has 0 aliphatic carbocycles. The first-order valence-electron chi connectivity index (χ1n) is 10.3. The van der Waals surface area contributed by atoms with E-state index >= 15 is 0 Å². The van der Waals surface area contributed by atoms with E-state index in [1.807, 2.05) is 30.9 Å². The topological polar surface area (TPSA) is 64.4 Å². The maximum atomic E-state index is 13.6. The molecule has 152 valence electrons. The monoisotopic (exact) mass is 385 g/mol. The number of aryl methyl sites for hydroxylation is 1. The Kier molecular flexibility index (Phi) is 5.89. The number of pyridine rings is 2. The van der Waals surface area contributed by atoms with Gasteiger partial charge in [0.25, 0.3) is 11.5 Å². The Morgan fingerprint density at radius 2 is 2.14 bits per heavy atom. The summed E-state index contributed by atoms with van der Waals surface area (Å²) in [4.78, 5) is 32.9. The molecule has 3 rings (SSSR count). The predicted molar refractivity (Wildman–Crippen MR) is 110 cm³/mol. The zero-order chi connectivity index (χ0) is 20.5. The van der Waals surface area contributed by atoms with Gasteiger partial charge in [-0.25, -0.2) is 4.98 Å². The van der Waals surface area contributed by atoms with Crippen LogP contribution >= 0.6 is 0 Å². The molecule has 1 amide bonds. The third kappa shape index (κ3) is 3.58. The van der Waals surface area contributed by atoms with Crippen molar-refractivity contribution in [1.82, 2.24) is 14.5 Å². The minimum Gasteiger partial charge on any atom is -0.354 e. The Balaban J connectivity index is 2.08. The van der Waals surface area contributed by atoms with E-state index in [2.05, 4.69) is 25.8 Å². The van der Waals surface area contributed by atoms with Gasteiger partial charge in [-0.2, -0.15) is 0 Å². The standard InChI is InChI=1S/C22H31N3O3/c1-6-17-14-28-22(5,11-10-15(3)4)25(17)21(27)18-13-16-9-8-12-23-19(16)24(7-2)20(18)26/h8-9,12-13,15,17H,6-7,10-11,14H2,1-5H3/t17-,22+/m0/s1. The van der Waals surface area contributed by atoms with Crippen molar-refractivity contribution >= 4 is 16.9 Å². The summed E-state index contributed by atoms with van der Waals surface area (Å²) in [6, 6.07) is 5.37. The lowest BCUT2D eigenvalue weighted by molar-refractivity contribution is -0.0641. The lowest BCUT2D eigenvalue weighted by Gasteiger charge is -2.37. The van der Waals surface area contributed by atoms with Crippen LogP contribution in [-0.4, -0.2) is 38.7 Å². The van der Waals surface area contributed by atoms with E-state index in [9.17, 15) is 9.59 Å². The molecule has 0 saturated carbocycles. The summed E-state index contributed by atoms with van der Waals surface area (Å²) < 4.78 is 7.69. The Hall–Kier alpha value is -2.21. The summed E-state index contributed by atoms with van der Waals surface area (Å²) in [6.45, 7) is 11.2. The first kappa shape index (κ1) is 20.5. The van der Waals surface area contributed by atoms with E-state index < -0.39 is 5.72 Å². The van der Waals surface area contributed by atoms with Crippen LogP contribution in [-0.2, 0) is 11.3 Å². The SMILES string of the molecule is CC[C@H]1CO[C@](C)(CCC(C)C)N1C(=O)c1cc2cccnc2n(CC)c1=O. The van der Waals surface area contributed by atoms with Crippen LogP contribution in [0.5, 0.6) is 0 Å². The molecule has 0 bridgehead atoms. The van der Waals surface area contributed by atoms with Gasteiger partial charge in [-0.3, -0.25) is 14.2 Å². The number of fused-ring (bicyclic) bond motifs is 1. The van der Waals surface area contributed by atoms with E-state index in [4.69, 9.17) is 4.74 Å². The number of nitrogens with zero attached hydrogens (tertiary/aromatic N) is 3.